The molecule has 1 aromatic rings. The smallest absolute Gasteiger partial charge is 0.326 e. The SMILES string of the molecule is O=C(COCCOCCSS(=O)[O-])NCCCC[C@H](N[C@@H](CCc1ccccc1)C(=O)O)C(=O)N1CCC[C@H]1C(=O)O. The highest BCUT2D eigenvalue weighted by molar-refractivity contribution is 8.67. The lowest BCUT2D eigenvalue weighted by atomic mass is 10.0. The van der Waals surface area contributed by atoms with Crippen molar-refractivity contribution in [3.63, 3.8) is 0 Å². The third kappa shape index (κ3) is 14.1. The average Bonchev–Trinajstić information content (AvgIpc) is 3.46. The summed E-state index contributed by atoms with van der Waals surface area (Å²) in [5, 5.41) is 25.1. The van der Waals surface area contributed by atoms with Crippen LogP contribution in [0.4, 0.5) is 0 Å². The number of unbranched alkanes of at least 4 members (excludes halogenated alkanes) is 1. The Morgan fingerprint density at radius 2 is 1.79 bits per heavy atom. The van der Waals surface area contributed by atoms with Gasteiger partial charge in [0.05, 0.1) is 25.9 Å². The molecule has 1 aromatic carbocycles. The molecule has 1 fully saturated rings. The molecule has 0 saturated carbocycles. The van der Waals surface area contributed by atoms with Crippen molar-refractivity contribution >= 4 is 44.7 Å². The minimum absolute atomic E-state index is 0.168. The van der Waals surface area contributed by atoms with Gasteiger partial charge in [0.1, 0.15) is 18.7 Å². The van der Waals surface area contributed by atoms with Crippen molar-refractivity contribution in [2.75, 3.05) is 45.3 Å². The molecular weight excluding hydrogens is 590 g/mol. The zero-order chi connectivity index (χ0) is 30.7. The summed E-state index contributed by atoms with van der Waals surface area (Å²) < 4.78 is 31.2. The molecule has 15 heteroatoms. The molecule has 0 aliphatic carbocycles. The van der Waals surface area contributed by atoms with E-state index < -0.39 is 46.1 Å². The average molecular weight is 631 g/mol. The van der Waals surface area contributed by atoms with Crippen molar-refractivity contribution in [1.29, 1.82) is 0 Å². The van der Waals surface area contributed by atoms with Gasteiger partial charge in [0.25, 0.3) is 0 Å². The lowest BCUT2D eigenvalue weighted by molar-refractivity contribution is -0.149. The highest BCUT2D eigenvalue weighted by Crippen LogP contribution is 2.20. The van der Waals surface area contributed by atoms with Gasteiger partial charge in [-0.2, -0.15) is 0 Å². The first-order valence-electron chi connectivity index (χ1n) is 13.9. The van der Waals surface area contributed by atoms with E-state index in [1.165, 1.54) is 4.90 Å². The number of hydrogen-bond acceptors (Lipinski definition) is 10. The molecule has 1 unspecified atom stereocenters. The summed E-state index contributed by atoms with van der Waals surface area (Å²) in [7, 11) is -1.43. The molecule has 0 radical (unpaired) electrons. The van der Waals surface area contributed by atoms with Gasteiger partial charge in [0.15, 0.2) is 0 Å². The number of likely N-dealkylation sites (tertiary alicyclic amines) is 1. The number of carboxylic acids is 2. The maximum absolute atomic E-state index is 13.4. The number of amides is 2. The van der Waals surface area contributed by atoms with Crippen LogP contribution in [-0.4, -0.2) is 111 Å². The maximum Gasteiger partial charge on any atom is 0.326 e. The molecule has 4 atom stereocenters. The highest BCUT2D eigenvalue weighted by atomic mass is 33.1. The fraction of sp³-hybridized carbons (Fsp3) is 0.630. The summed E-state index contributed by atoms with van der Waals surface area (Å²) in [5.41, 5.74) is 0.972. The number of nitrogens with one attached hydrogen (secondary N) is 2. The Labute approximate surface area is 251 Å². The molecule has 2 amide bonds. The molecule has 4 N–H and O–H groups in total. The predicted molar refractivity (Wildman–Crippen MR) is 155 cm³/mol. The summed E-state index contributed by atoms with van der Waals surface area (Å²) in [6.07, 6.45) is 2.95. The Kier molecular flexibility index (Phi) is 17.3. The zero-order valence-electron chi connectivity index (χ0n) is 23.4. The van der Waals surface area contributed by atoms with Crippen LogP contribution in [0.15, 0.2) is 30.3 Å². The Hall–Kier alpha value is -2.56. The zero-order valence-corrected chi connectivity index (χ0v) is 25.1. The van der Waals surface area contributed by atoms with Gasteiger partial charge in [-0.3, -0.25) is 23.9 Å². The molecule has 236 valence electrons. The van der Waals surface area contributed by atoms with Gasteiger partial charge in [-0.1, -0.05) is 41.1 Å². The first kappa shape index (κ1) is 35.6. The maximum atomic E-state index is 13.4. The summed E-state index contributed by atoms with van der Waals surface area (Å²) in [5.74, 6) is -2.61. The number of carbonyl (C=O) groups excluding carboxylic acids is 2. The van der Waals surface area contributed by atoms with E-state index >= 15 is 0 Å². The van der Waals surface area contributed by atoms with Crippen LogP contribution >= 0.6 is 10.8 Å². The summed E-state index contributed by atoms with van der Waals surface area (Å²) >= 11 is 0. The first-order chi connectivity index (χ1) is 20.2. The van der Waals surface area contributed by atoms with Crippen LogP contribution in [-0.2, 0) is 45.2 Å². The fourth-order valence-corrected chi connectivity index (χ4v) is 5.47. The summed E-state index contributed by atoms with van der Waals surface area (Å²) in [4.78, 5) is 50.5. The molecule has 2 rings (SSSR count). The second-order valence-corrected chi connectivity index (χ2v) is 12.3. The van der Waals surface area contributed by atoms with Crippen molar-refractivity contribution in [2.45, 2.75) is 63.1 Å². The van der Waals surface area contributed by atoms with E-state index in [0.29, 0.717) is 50.9 Å². The fourth-order valence-electron chi connectivity index (χ4n) is 4.54. The predicted octanol–water partition coefficient (Wildman–Crippen LogP) is 0.953. The van der Waals surface area contributed by atoms with Crippen molar-refractivity contribution < 1.29 is 47.6 Å². The van der Waals surface area contributed by atoms with Gasteiger partial charge in [-0.25, -0.2) is 4.79 Å². The molecule has 1 aliphatic heterocycles. The number of carbonyl (C=O) groups is 4. The Morgan fingerprint density at radius 1 is 1.05 bits per heavy atom. The first-order valence-corrected chi connectivity index (χ1v) is 16.5. The topological polar surface area (TPSA) is 195 Å². The lowest BCUT2D eigenvalue weighted by Crippen LogP contribution is -2.54. The Balaban J connectivity index is 1.81. The van der Waals surface area contributed by atoms with Crippen molar-refractivity contribution in [2.24, 2.45) is 0 Å². The summed E-state index contributed by atoms with van der Waals surface area (Å²) in [6.45, 7) is 1.11. The van der Waals surface area contributed by atoms with Gasteiger partial charge in [-0.15, -0.1) is 0 Å². The van der Waals surface area contributed by atoms with Crippen LogP contribution in [0.3, 0.4) is 0 Å². The monoisotopic (exact) mass is 630 g/mol. The Morgan fingerprint density at radius 3 is 2.48 bits per heavy atom. The van der Waals surface area contributed by atoms with Gasteiger partial charge >= 0.3 is 11.9 Å². The molecular formula is C27H40N3O10S2-. The Bertz CT molecular complexity index is 1020. The number of aliphatic carboxylic acids is 2. The number of rotatable bonds is 22. The third-order valence-electron chi connectivity index (χ3n) is 6.64. The number of nitrogens with zero attached hydrogens (tertiary/aromatic N) is 1. The number of carboxylic acid groups (broad SMARTS) is 2. The van der Waals surface area contributed by atoms with E-state index in [9.17, 15) is 38.2 Å². The molecule has 1 heterocycles. The number of benzene rings is 1. The van der Waals surface area contributed by atoms with E-state index in [0.717, 1.165) is 16.4 Å². The minimum Gasteiger partial charge on any atom is -0.764 e. The van der Waals surface area contributed by atoms with Crippen LogP contribution < -0.4 is 10.6 Å². The van der Waals surface area contributed by atoms with E-state index in [4.69, 9.17) is 9.47 Å². The molecule has 0 bridgehead atoms. The quantitative estimate of drug-likeness (QED) is 0.0806. The summed E-state index contributed by atoms with van der Waals surface area (Å²) in [6, 6.07) is 6.61. The number of hydrogen-bond donors (Lipinski definition) is 4. The van der Waals surface area contributed by atoms with E-state index in [-0.39, 0.29) is 45.2 Å². The minimum atomic E-state index is -2.17. The van der Waals surface area contributed by atoms with Gasteiger partial charge < -0.3 is 34.5 Å². The number of aryl methyl sites for hydroxylation is 1. The van der Waals surface area contributed by atoms with Crippen molar-refractivity contribution in [1.82, 2.24) is 15.5 Å². The van der Waals surface area contributed by atoms with Crippen LogP contribution in [0.1, 0.15) is 44.1 Å². The second kappa shape index (κ2) is 20.4. The molecule has 1 saturated heterocycles. The second-order valence-electron chi connectivity index (χ2n) is 9.70. The molecule has 1 aliphatic rings. The lowest BCUT2D eigenvalue weighted by Gasteiger charge is -2.29. The largest absolute Gasteiger partial charge is 0.764 e. The van der Waals surface area contributed by atoms with Crippen molar-refractivity contribution in [3.05, 3.63) is 35.9 Å². The van der Waals surface area contributed by atoms with Crippen molar-refractivity contribution in [3.8, 4) is 0 Å². The van der Waals surface area contributed by atoms with E-state index in [2.05, 4.69) is 10.6 Å². The van der Waals surface area contributed by atoms with Gasteiger partial charge in [-0.05, 0) is 50.5 Å². The normalized spacial score (nSPS) is 17.0. The highest BCUT2D eigenvalue weighted by Gasteiger charge is 2.38. The third-order valence-corrected chi connectivity index (χ3v) is 8.24. The molecule has 42 heavy (non-hydrogen) atoms. The molecule has 0 aromatic heterocycles. The number of ether oxygens (including phenoxy) is 2. The van der Waals surface area contributed by atoms with Crippen LogP contribution in [0, 0.1) is 0 Å². The van der Waals surface area contributed by atoms with Gasteiger partial charge in [0, 0.05) is 29.0 Å². The van der Waals surface area contributed by atoms with Crippen LogP contribution in [0.5, 0.6) is 0 Å². The van der Waals surface area contributed by atoms with Gasteiger partial charge in [0.2, 0.25) is 11.8 Å². The molecule has 13 nitrogen and oxygen atoms in total. The standard InChI is InChI=1S/C27H41N3O10S2/c31-24(19-40-16-15-39-17-18-41-42(37)38)28-13-5-4-9-21(25(32)30-14-6-10-23(30)27(35)36)29-22(26(33)34)12-11-20-7-2-1-3-8-20/h1-3,7-8,21-23,29H,4-6,9-19H2,(H,28,31)(H,33,34)(H,35,36)(H,37,38)/p-1/t21-,22-,23-/m0/s1. The van der Waals surface area contributed by atoms with E-state index in [1.54, 1.807) is 0 Å². The molecule has 0 spiro atoms. The van der Waals surface area contributed by atoms with E-state index in [1.807, 2.05) is 30.3 Å². The van der Waals surface area contributed by atoms with Crippen LogP contribution in [0.2, 0.25) is 0 Å². The van der Waals surface area contributed by atoms with Crippen LogP contribution in [0.25, 0.3) is 0 Å².